The first-order valence-electron chi connectivity index (χ1n) is 29.5. The monoisotopic (exact) mass is 1480 g/mol. The van der Waals surface area contributed by atoms with Gasteiger partial charge in [0.05, 0.1) is 50.1 Å². The first kappa shape index (κ1) is 89.0. The zero-order valence-electron chi connectivity index (χ0n) is 54.7. The standard InChI is InChI=1S/C27H30O16.C17H21NO.C9H8O4.C6H8O6.2C3H6O3.Ca.ClH/c1-8-17(32)20(35)22(37)26(40-8)39-7-15-18(33)21(36)23(38)27(42-15)43-25-19(34)16-13(31)5-10(28)6-14(16)41-24(25)9-2-3-11(29)12(30)4-9;1-18(2)13-14-19-17(15-9-5-3-6-10-15)16-11-7-4-8-12-16;1-6(10)13-8-5-3-2-4-7(8)9(11)12;7-1-2(8)5-3(9)4(10)6(11)12-5;2*1-2(4)3(5)6;;/h2-6,8,15,17-18,20-23,26-33,35-38H,7H2,1H3;3-12,17H,13-14H2,1-2H3;2-5H,1H3,(H,11,12);2,5,7-10H,1H2;2*2,4H,1H3,(H,5,6);;1H/q;;;;;;+2;/p-2/t8-,15+,17-,18+,20+,21-,22+,23+,26+,27-;;;2-,5+;;;;/m0..0..../s1. The molecule has 2 unspecified atom stereocenters. The molecular weight excluding hydrogens is 1400 g/mol. The van der Waals surface area contributed by atoms with E-state index in [-0.39, 0.29) is 78.7 Å². The number of nitrogens with zero attached hydrogens (tertiary/aromatic N) is 1. The molecule has 0 bridgehead atoms. The van der Waals surface area contributed by atoms with Crippen molar-refractivity contribution in [3.63, 3.8) is 0 Å². The smallest absolute Gasteiger partial charge is 0.547 e. The van der Waals surface area contributed by atoms with Crippen LogP contribution < -0.4 is 25.1 Å². The molecule has 550 valence electrons. The summed E-state index contributed by atoms with van der Waals surface area (Å²) in [6.07, 6.45) is -21.6. The molecule has 0 radical (unpaired) electrons. The average Bonchev–Trinajstić information content (AvgIpc) is 1.32. The number of carboxylic acid groups (broad SMARTS) is 3. The summed E-state index contributed by atoms with van der Waals surface area (Å²) < 4.78 is 42.9. The van der Waals surface area contributed by atoms with Gasteiger partial charge in [-0.1, -0.05) is 72.8 Å². The van der Waals surface area contributed by atoms with Crippen LogP contribution in [0.5, 0.6) is 34.5 Å². The molecule has 9 rings (SSSR count). The molecule has 34 nitrogen and oxygen atoms in total. The quantitative estimate of drug-likeness (QED) is 0.0189. The van der Waals surface area contributed by atoms with Crippen molar-refractivity contribution in [3.8, 4) is 45.8 Å². The van der Waals surface area contributed by atoms with Gasteiger partial charge in [-0.05, 0) is 76.3 Å². The van der Waals surface area contributed by atoms with E-state index in [0.717, 1.165) is 51.3 Å². The van der Waals surface area contributed by atoms with E-state index in [1.165, 1.54) is 43.2 Å². The first-order chi connectivity index (χ1) is 46.5. The summed E-state index contributed by atoms with van der Waals surface area (Å²) in [5.41, 5.74) is 1.04. The number of hydrogen-bond acceptors (Lipinski definition) is 33. The van der Waals surface area contributed by atoms with Gasteiger partial charge in [0.15, 0.2) is 35.4 Å². The Kier molecular flexibility index (Phi) is 37.4. The van der Waals surface area contributed by atoms with Crippen LogP contribution in [-0.2, 0) is 42.9 Å². The minimum absolute atomic E-state index is 0. The van der Waals surface area contributed by atoms with Crippen LogP contribution in [0.15, 0.2) is 136 Å². The predicted octanol–water partition coefficient (Wildman–Crippen LogP) is -2.15. The number of aromatic hydroxyl groups is 4. The van der Waals surface area contributed by atoms with Crippen molar-refractivity contribution in [2.75, 3.05) is 40.5 Å². The SMILES string of the molecule is CC(=O)Oc1ccccc1C(=O)O.CC(O)C(=O)[O-].CC(O)C(=O)[O-].CN(C)CCOC(c1ccccc1)c1ccccc1.C[C@@H]1O[C@@H](OC[C@H]2O[C@@H](Oc3c(-c4ccc(O)c(O)c4)oc4cc(O)cc(O)c4c3=O)[C@H](O)[C@@H](O)[C@@H]2O)[C@H](O)[C@H](O)[C@H]1O.Cl.O=C1O[C@H]([C@@H](O)CO)C(O)=C1O.[Ca+2]. The second-order valence-electron chi connectivity index (χ2n) is 21.8. The van der Waals surface area contributed by atoms with Gasteiger partial charge in [-0.15, -0.1) is 12.4 Å². The normalized spacial score (nSPS) is 22.0. The van der Waals surface area contributed by atoms with Crippen LogP contribution in [0.4, 0.5) is 0 Å². The van der Waals surface area contributed by atoms with Gasteiger partial charge in [0.25, 0.3) is 0 Å². The summed E-state index contributed by atoms with van der Waals surface area (Å²) in [4.78, 5) is 66.1. The number of carboxylic acids is 3. The van der Waals surface area contributed by atoms with E-state index < -0.39 is 186 Å². The van der Waals surface area contributed by atoms with Crippen molar-refractivity contribution >= 4 is 91.0 Å². The first-order valence-corrected chi connectivity index (χ1v) is 29.5. The zero-order chi connectivity index (χ0) is 74.3. The van der Waals surface area contributed by atoms with E-state index >= 15 is 0 Å². The number of aliphatic hydroxyl groups is 12. The summed E-state index contributed by atoms with van der Waals surface area (Å²) >= 11 is 0. The number of halogens is 1. The van der Waals surface area contributed by atoms with Crippen molar-refractivity contribution in [1.82, 2.24) is 4.90 Å². The van der Waals surface area contributed by atoms with E-state index in [0.29, 0.717) is 0 Å². The molecule has 2 saturated heterocycles. The summed E-state index contributed by atoms with van der Waals surface area (Å²) in [5, 5.41) is 180. The summed E-state index contributed by atoms with van der Waals surface area (Å²) in [5.74, 6) is -10.6. The van der Waals surface area contributed by atoms with Gasteiger partial charge in [0.2, 0.25) is 23.2 Å². The number of rotatable bonds is 18. The Bertz CT molecular complexity index is 3650. The molecule has 4 heterocycles. The fourth-order valence-electron chi connectivity index (χ4n) is 8.54. The van der Waals surface area contributed by atoms with Crippen LogP contribution in [0, 0.1) is 0 Å². The maximum absolute atomic E-state index is 13.6. The van der Waals surface area contributed by atoms with E-state index in [1.54, 1.807) is 12.1 Å². The fourth-order valence-corrected chi connectivity index (χ4v) is 8.54. The van der Waals surface area contributed by atoms with Gasteiger partial charge in [-0.2, -0.15) is 0 Å². The summed E-state index contributed by atoms with van der Waals surface area (Å²) in [6, 6.07) is 32.0. The molecular formula is C65H78CaClNO33. The number of cyclic esters (lactones) is 1. The number of phenols is 4. The third-order valence-corrected chi connectivity index (χ3v) is 13.8. The molecule has 0 spiro atoms. The number of ether oxygens (including phenoxy) is 7. The van der Waals surface area contributed by atoms with Gasteiger partial charge in [0.1, 0.15) is 88.7 Å². The Morgan fingerprint density at radius 1 is 0.663 bits per heavy atom. The minimum atomic E-state index is -1.97. The van der Waals surface area contributed by atoms with E-state index in [4.69, 9.17) is 63.8 Å². The van der Waals surface area contributed by atoms with Crippen LogP contribution in [0.2, 0.25) is 0 Å². The van der Waals surface area contributed by atoms with Gasteiger partial charge in [-0.25, -0.2) is 9.59 Å². The van der Waals surface area contributed by atoms with Crippen molar-refractivity contribution in [2.45, 2.75) is 120 Å². The maximum atomic E-state index is 13.6. The molecule has 17 N–H and O–H groups in total. The Labute approximate surface area is 610 Å². The van der Waals surface area contributed by atoms with Crippen molar-refractivity contribution in [2.24, 2.45) is 0 Å². The predicted molar refractivity (Wildman–Crippen MR) is 346 cm³/mol. The third-order valence-electron chi connectivity index (χ3n) is 13.8. The number of fused-ring (bicyclic) bond motifs is 1. The number of aliphatic hydroxyl groups excluding tert-OH is 12. The Morgan fingerprint density at radius 3 is 1.67 bits per heavy atom. The number of benzene rings is 5. The fraction of sp³-hybridized carbons (Fsp3) is 0.385. The number of hydrogen-bond donors (Lipinski definition) is 17. The molecule has 0 amide bonds. The van der Waals surface area contributed by atoms with Crippen LogP contribution in [0.3, 0.4) is 0 Å². The molecule has 5 aromatic carbocycles. The van der Waals surface area contributed by atoms with Crippen molar-refractivity contribution in [1.29, 1.82) is 0 Å². The Balaban J connectivity index is 0.000000490. The molecule has 3 aliphatic heterocycles. The van der Waals surface area contributed by atoms with Gasteiger partial charge < -0.3 is 149 Å². The number of aliphatic carboxylic acids is 2. The molecule has 1 aromatic heterocycles. The maximum Gasteiger partial charge on any atom is 2.00 e. The second-order valence-corrected chi connectivity index (χ2v) is 21.8. The number of carbonyl (C=O) groups excluding carboxylic acids is 4. The topological polar surface area (TPSA) is 573 Å². The number of para-hydroxylation sites is 1. The molecule has 0 saturated carbocycles. The molecule has 6 aromatic rings. The third kappa shape index (κ3) is 26.1. The molecule has 2 fully saturated rings. The van der Waals surface area contributed by atoms with Gasteiger partial charge >= 0.3 is 55.6 Å². The van der Waals surface area contributed by atoms with Crippen molar-refractivity contribution < 1.29 is 159 Å². The Hall–Kier alpha value is -8.05. The Morgan fingerprint density at radius 2 is 1.19 bits per heavy atom. The van der Waals surface area contributed by atoms with E-state index in [9.17, 15) is 90.0 Å². The van der Waals surface area contributed by atoms with Crippen LogP contribution >= 0.6 is 12.4 Å². The molecule has 0 aliphatic carbocycles. The molecule has 3 aliphatic rings. The molecule has 14 atom stereocenters. The summed E-state index contributed by atoms with van der Waals surface area (Å²) in [7, 11) is 4.12. The number of esters is 2. The number of carbonyl (C=O) groups is 5. The van der Waals surface area contributed by atoms with Crippen LogP contribution in [0.25, 0.3) is 22.3 Å². The summed E-state index contributed by atoms with van der Waals surface area (Å²) in [6.45, 7) is 5.29. The molecule has 101 heavy (non-hydrogen) atoms. The zero-order valence-corrected chi connectivity index (χ0v) is 57.7. The van der Waals surface area contributed by atoms with Gasteiger partial charge in [-0.3, -0.25) is 9.59 Å². The molecule has 36 heteroatoms. The minimum Gasteiger partial charge on any atom is -0.547 e. The number of aromatic carboxylic acids is 1. The van der Waals surface area contributed by atoms with Crippen LogP contribution in [0.1, 0.15) is 55.3 Å². The number of likely N-dealkylation sites (N-methyl/N-ethyl adjacent to an activating group) is 1. The average molecular weight is 1480 g/mol. The van der Waals surface area contributed by atoms with Crippen molar-refractivity contribution in [3.05, 3.63) is 154 Å². The van der Waals surface area contributed by atoms with Crippen LogP contribution in [-0.4, -0.2) is 286 Å². The largest absolute Gasteiger partial charge is 2.00 e. The van der Waals surface area contributed by atoms with E-state index in [2.05, 4.69) is 77.0 Å². The van der Waals surface area contributed by atoms with Gasteiger partial charge in [0, 0.05) is 31.2 Å². The number of phenolic OH excluding ortho intramolecular Hbond substituents is 4. The van der Waals surface area contributed by atoms with E-state index in [1.807, 2.05) is 12.1 Å². The second kappa shape index (κ2) is 42.4.